The first-order valence-electron chi connectivity index (χ1n) is 5.55. The maximum absolute atomic E-state index is 12.0. The highest BCUT2D eigenvalue weighted by molar-refractivity contribution is 9.10. The fourth-order valence-electron chi connectivity index (χ4n) is 1.30. The molecule has 6 nitrogen and oxygen atoms in total. The molecular weight excluding hydrogens is 316 g/mol. The first-order chi connectivity index (χ1) is 8.78. The highest BCUT2D eigenvalue weighted by Crippen LogP contribution is 2.28. The molecule has 0 aliphatic rings. The molecule has 1 aromatic rings. The van der Waals surface area contributed by atoms with Gasteiger partial charge in [0.1, 0.15) is 4.47 Å². The van der Waals surface area contributed by atoms with Gasteiger partial charge in [0, 0.05) is 19.7 Å². The third kappa shape index (κ3) is 4.00. The number of hydrogen-bond donors (Lipinski definition) is 1. The Morgan fingerprint density at radius 3 is 2.68 bits per heavy atom. The number of nitro groups is 1. The number of rotatable bonds is 5. The Labute approximate surface area is 119 Å². The summed E-state index contributed by atoms with van der Waals surface area (Å²) in [6, 6.07) is 4.32. The second kappa shape index (κ2) is 6.12. The molecule has 1 aromatic carbocycles. The molecular formula is C12H15BrN2O4. The van der Waals surface area contributed by atoms with E-state index in [1.54, 1.807) is 7.11 Å². The lowest BCUT2D eigenvalue weighted by atomic mass is 10.1. The van der Waals surface area contributed by atoms with Gasteiger partial charge < -0.3 is 10.1 Å². The molecule has 0 aromatic heterocycles. The molecule has 0 saturated carbocycles. The van der Waals surface area contributed by atoms with Crippen molar-refractivity contribution in [1.29, 1.82) is 0 Å². The average molecular weight is 331 g/mol. The number of nitro benzene ring substituents is 1. The predicted octanol–water partition coefficient (Wildman–Crippen LogP) is 2.51. The van der Waals surface area contributed by atoms with Gasteiger partial charge in [0.05, 0.1) is 16.1 Å². The van der Waals surface area contributed by atoms with Crippen LogP contribution in [-0.4, -0.2) is 30.1 Å². The SMILES string of the molecule is COC(C)(C)CNC(=O)c1cccc([N+](=O)[O-])c1Br. The summed E-state index contributed by atoms with van der Waals surface area (Å²) in [7, 11) is 1.55. The summed E-state index contributed by atoms with van der Waals surface area (Å²) in [5.74, 6) is -0.388. The zero-order valence-corrected chi connectivity index (χ0v) is 12.5. The molecule has 0 bridgehead atoms. The van der Waals surface area contributed by atoms with Crippen molar-refractivity contribution in [3.8, 4) is 0 Å². The quantitative estimate of drug-likeness (QED) is 0.664. The number of carbonyl (C=O) groups excluding carboxylic acids is 1. The minimum absolute atomic E-state index is 0.140. The number of nitrogens with one attached hydrogen (secondary N) is 1. The van der Waals surface area contributed by atoms with Gasteiger partial charge in [-0.2, -0.15) is 0 Å². The number of ether oxygens (including phenoxy) is 1. The normalized spacial score (nSPS) is 11.2. The second-order valence-corrected chi connectivity index (χ2v) is 5.34. The van der Waals surface area contributed by atoms with Crippen LogP contribution in [0.3, 0.4) is 0 Å². The van der Waals surface area contributed by atoms with Crippen LogP contribution < -0.4 is 5.32 Å². The van der Waals surface area contributed by atoms with E-state index >= 15 is 0 Å². The van der Waals surface area contributed by atoms with Gasteiger partial charge in [-0.15, -0.1) is 0 Å². The lowest BCUT2D eigenvalue weighted by Crippen LogP contribution is -2.39. The molecule has 0 saturated heterocycles. The van der Waals surface area contributed by atoms with Gasteiger partial charge in [0.15, 0.2) is 0 Å². The van der Waals surface area contributed by atoms with E-state index in [9.17, 15) is 14.9 Å². The van der Waals surface area contributed by atoms with E-state index in [-0.39, 0.29) is 21.6 Å². The Morgan fingerprint density at radius 2 is 2.16 bits per heavy atom. The molecule has 7 heteroatoms. The molecule has 0 radical (unpaired) electrons. The fourth-order valence-corrected chi connectivity index (χ4v) is 1.89. The Kier molecular flexibility index (Phi) is 5.02. The van der Waals surface area contributed by atoms with Gasteiger partial charge in [-0.25, -0.2) is 0 Å². The molecule has 0 unspecified atom stereocenters. The van der Waals surface area contributed by atoms with Crippen molar-refractivity contribution >= 4 is 27.5 Å². The van der Waals surface area contributed by atoms with Crippen LogP contribution in [0.2, 0.25) is 0 Å². The van der Waals surface area contributed by atoms with E-state index in [2.05, 4.69) is 21.2 Å². The van der Waals surface area contributed by atoms with Gasteiger partial charge >= 0.3 is 0 Å². The lowest BCUT2D eigenvalue weighted by Gasteiger charge is -2.23. The molecule has 1 N–H and O–H groups in total. The van der Waals surface area contributed by atoms with Gasteiger partial charge in [-0.05, 0) is 35.8 Å². The summed E-state index contributed by atoms with van der Waals surface area (Å²) in [6.07, 6.45) is 0. The zero-order valence-electron chi connectivity index (χ0n) is 10.9. The van der Waals surface area contributed by atoms with Crippen LogP contribution in [0.1, 0.15) is 24.2 Å². The summed E-state index contributed by atoms with van der Waals surface area (Å²) in [6.45, 7) is 3.96. The monoisotopic (exact) mass is 330 g/mol. The summed E-state index contributed by atoms with van der Waals surface area (Å²) >= 11 is 3.09. The molecule has 0 spiro atoms. The summed E-state index contributed by atoms with van der Waals surface area (Å²) in [5.41, 5.74) is -0.414. The molecule has 0 atom stereocenters. The Morgan fingerprint density at radius 1 is 1.53 bits per heavy atom. The van der Waals surface area contributed by atoms with Crippen molar-refractivity contribution in [2.45, 2.75) is 19.4 Å². The zero-order chi connectivity index (χ0) is 14.6. The Balaban J connectivity index is 2.89. The number of benzene rings is 1. The number of hydrogen-bond acceptors (Lipinski definition) is 4. The van der Waals surface area contributed by atoms with Crippen molar-refractivity contribution in [2.24, 2.45) is 0 Å². The molecule has 1 amide bonds. The Bertz CT molecular complexity index is 503. The highest BCUT2D eigenvalue weighted by Gasteiger charge is 2.22. The summed E-state index contributed by atoms with van der Waals surface area (Å²) in [5, 5.41) is 13.5. The van der Waals surface area contributed by atoms with Crippen LogP contribution in [0.5, 0.6) is 0 Å². The van der Waals surface area contributed by atoms with Crippen LogP contribution >= 0.6 is 15.9 Å². The molecule has 0 aliphatic carbocycles. The average Bonchev–Trinajstić information content (AvgIpc) is 2.36. The van der Waals surface area contributed by atoms with Crippen LogP contribution in [0.15, 0.2) is 22.7 Å². The molecule has 104 valence electrons. The minimum atomic E-state index is -0.542. The van der Waals surface area contributed by atoms with Crippen molar-refractivity contribution in [3.63, 3.8) is 0 Å². The standard InChI is InChI=1S/C12H15BrN2O4/c1-12(2,19-3)7-14-11(16)8-5-4-6-9(10(8)13)15(17)18/h4-6H,7H2,1-3H3,(H,14,16). The fraction of sp³-hybridized carbons (Fsp3) is 0.417. The van der Waals surface area contributed by atoms with Crippen molar-refractivity contribution in [3.05, 3.63) is 38.3 Å². The van der Waals surface area contributed by atoms with E-state index < -0.39 is 10.5 Å². The number of amides is 1. The van der Waals surface area contributed by atoms with Crippen LogP contribution in [0.4, 0.5) is 5.69 Å². The molecule has 1 rings (SSSR count). The molecule has 0 fully saturated rings. The minimum Gasteiger partial charge on any atom is -0.377 e. The molecule has 0 heterocycles. The van der Waals surface area contributed by atoms with Crippen LogP contribution in [0, 0.1) is 10.1 Å². The van der Waals surface area contributed by atoms with Crippen LogP contribution in [0.25, 0.3) is 0 Å². The second-order valence-electron chi connectivity index (χ2n) is 4.54. The number of methoxy groups -OCH3 is 1. The topological polar surface area (TPSA) is 81.5 Å². The van der Waals surface area contributed by atoms with E-state index in [1.165, 1.54) is 18.2 Å². The number of halogens is 1. The van der Waals surface area contributed by atoms with Crippen LogP contribution in [-0.2, 0) is 4.74 Å². The smallest absolute Gasteiger partial charge is 0.284 e. The van der Waals surface area contributed by atoms with Crippen molar-refractivity contribution in [1.82, 2.24) is 5.32 Å². The third-order valence-corrected chi connectivity index (χ3v) is 3.48. The Hall–Kier alpha value is -1.47. The first kappa shape index (κ1) is 15.6. The van der Waals surface area contributed by atoms with E-state index in [4.69, 9.17) is 4.74 Å². The van der Waals surface area contributed by atoms with Gasteiger partial charge in [-0.3, -0.25) is 14.9 Å². The highest BCUT2D eigenvalue weighted by atomic mass is 79.9. The van der Waals surface area contributed by atoms with Crippen molar-refractivity contribution < 1.29 is 14.5 Å². The van der Waals surface area contributed by atoms with E-state index in [0.29, 0.717) is 6.54 Å². The maximum Gasteiger partial charge on any atom is 0.284 e. The van der Waals surface area contributed by atoms with Gasteiger partial charge in [-0.1, -0.05) is 6.07 Å². The van der Waals surface area contributed by atoms with E-state index in [0.717, 1.165) is 0 Å². The molecule has 0 aliphatic heterocycles. The van der Waals surface area contributed by atoms with Gasteiger partial charge in [0.2, 0.25) is 0 Å². The number of carbonyl (C=O) groups is 1. The summed E-state index contributed by atoms with van der Waals surface area (Å²) < 4.78 is 5.36. The lowest BCUT2D eigenvalue weighted by molar-refractivity contribution is -0.385. The summed E-state index contributed by atoms with van der Waals surface area (Å²) in [4.78, 5) is 22.2. The predicted molar refractivity (Wildman–Crippen MR) is 74.2 cm³/mol. The van der Waals surface area contributed by atoms with E-state index in [1.807, 2.05) is 13.8 Å². The number of nitrogens with zero attached hydrogens (tertiary/aromatic N) is 1. The third-order valence-electron chi connectivity index (χ3n) is 2.65. The largest absolute Gasteiger partial charge is 0.377 e. The first-order valence-corrected chi connectivity index (χ1v) is 6.34. The van der Waals surface area contributed by atoms with Gasteiger partial charge in [0.25, 0.3) is 11.6 Å². The molecule has 19 heavy (non-hydrogen) atoms. The van der Waals surface area contributed by atoms with Crippen molar-refractivity contribution in [2.75, 3.05) is 13.7 Å². The maximum atomic E-state index is 12.0.